The minimum atomic E-state index is -3.34. The Morgan fingerprint density at radius 3 is 2.24 bits per heavy atom. The number of benzene rings is 2. The Bertz CT molecular complexity index is 948. The van der Waals surface area contributed by atoms with Crippen LogP contribution in [0.1, 0.15) is 29.8 Å². The Morgan fingerprint density at radius 2 is 1.62 bits per heavy atom. The van der Waals surface area contributed by atoms with Crippen molar-refractivity contribution in [2.24, 2.45) is 0 Å². The maximum Gasteiger partial charge on any atom is 0.251 e. The minimum Gasteiger partial charge on any atom is -0.369 e. The van der Waals surface area contributed by atoms with Crippen LogP contribution in [0.15, 0.2) is 53.4 Å². The normalized spacial score (nSPS) is 15.5. The molecule has 29 heavy (non-hydrogen) atoms. The van der Waals surface area contributed by atoms with Crippen molar-refractivity contribution in [2.45, 2.75) is 30.5 Å². The van der Waals surface area contributed by atoms with Crippen molar-refractivity contribution >= 4 is 21.4 Å². The molecule has 1 saturated heterocycles. The molecule has 2 aromatic rings. The molecular formula is C22H29N3O3S. The van der Waals surface area contributed by atoms with Crippen LogP contribution in [0.2, 0.25) is 0 Å². The molecule has 0 aliphatic carbocycles. The van der Waals surface area contributed by atoms with Crippen molar-refractivity contribution in [1.82, 2.24) is 10.2 Å². The van der Waals surface area contributed by atoms with E-state index in [4.69, 9.17) is 0 Å². The number of nitrogens with one attached hydrogen (secondary N) is 1. The highest BCUT2D eigenvalue weighted by Crippen LogP contribution is 2.22. The molecule has 156 valence electrons. The summed E-state index contributed by atoms with van der Waals surface area (Å²) in [6, 6.07) is 14.3. The van der Waals surface area contributed by atoms with E-state index < -0.39 is 15.1 Å². The van der Waals surface area contributed by atoms with Crippen molar-refractivity contribution in [1.29, 1.82) is 0 Å². The van der Waals surface area contributed by atoms with Gasteiger partial charge in [0.2, 0.25) is 0 Å². The van der Waals surface area contributed by atoms with Crippen molar-refractivity contribution in [3.63, 3.8) is 0 Å². The maximum atomic E-state index is 12.6. The first-order chi connectivity index (χ1) is 13.8. The molecule has 0 unspecified atom stereocenters. The Kier molecular flexibility index (Phi) is 6.59. The molecule has 0 radical (unpaired) electrons. The third-order valence-electron chi connectivity index (χ3n) is 5.34. The van der Waals surface area contributed by atoms with Crippen LogP contribution in [0.4, 0.5) is 5.69 Å². The van der Waals surface area contributed by atoms with E-state index in [-0.39, 0.29) is 10.8 Å². The van der Waals surface area contributed by atoms with E-state index in [1.165, 1.54) is 12.1 Å². The lowest BCUT2D eigenvalue weighted by Gasteiger charge is -2.35. The highest BCUT2D eigenvalue weighted by atomic mass is 32.2. The van der Waals surface area contributed by atoms with Gasteiger partial charge in [0, 0.05) is 44.0 Å². The number of hydrogen-bond donors (Lipinski definition) is 1. The van der Waals surface area contributed by atoms with E-state index in [1.807, 2.05) is 18.2 Å². The minimum absolute atomic E-state index is 0.216. The van der Waals surface area contributed by atoms with Gasteiger partial charge in [-0.15, -0.1) is 0 Å². The van der Waals surface area contributed by atoms with Crippen LogP contribution in [0.5, 0.6) is 0 Å². The molecule has 3 rings (SSSR count). The van der Waals surface area contributed by atoms with Crippen LogP contribution in [0.25, 0.3) is 0 Å². The number of carbonyl (C=O) groups excluding carboxylic acids is 1. The number of carbonyl (C=O) groups is 1. The number of piperazine rings is 1. The topological polar surface area (TPSA) is 69.7 Å². The van der Waals surface area contributed by atoms with Gasteiger partial charge in [-0.1, -0.05) is 18.2 Å². The lowest BCUT2D eigenvalue weighted by molar-refractivity contribution is 0.0951. The second kappa shape index (κ2) is 8.97. The SMILES string of the molecule is CC(C)S(=O)(=O)c1ccc(C(=O)NCc2ccccc2N2CCN(C)CC2)cc1. The Balaban J connectivity index is 1.67. The van der Waals surface area contributed by atoms with Crippen LogP contribution < -0.4 is 10.2 Å². The van der Waals surface area contributed by atoms with Gasteiger partial charge in [-0.05, 0) is 56.8 Å². The summed E-state index contributed by atoms with van der Waals surface area (Å²) in [5, 5.41) is 2.47. The van der Waals surface area contributed by atoms with Crippen LogP contribution in [0, 0.1) is 0 Å². The van der Waals surface area contributed by atoms with E-state index in [0.717, 1.165) is 37.4 Å². The van der Waals surface area contributed by atoms with Crippen LogP contribution >= 0.6 is 0 Å². The average Bonchev–Trinajstić information content (AvgIpc) is 2.73. The number of hydrogen-bond acceptors (Lipinski definition) is 5. The largest absolute Gasteiger partial charge is 0.369 e. The zero-order valence-electron chi connectivity index (χ0n) is 17.3. The first-order valence-corrected chi connectivity index (χ1v) is 11.5. The molecule has 0 bridgehead atoms. The molecule has 2 aromatic carbocycles. The van der Waals surface area contributed by atoms with Gasteiger partial charge in [-0.2, -0.15) is 0 Å². The first kappa shape index (κ1) is 21.3. The summed E-state index contributed by atoms with van der Waals surface area (Å²) < 4.78 is 24.4. The predicted octanol–water partition coefficient (Wildman–Crippen LogP) is 2.55. The molecule has 0 aromatic heterocycles. The summed E-state index contributed by atoms with van der Waals surface area (Å²) >= 11 is 0. The summed E-state index contributed by atoms with van der Waals surface area (Å²) in [7, 11) is -1.21. The fraction of sp³-hybridized carbons (Fsp3) is 0.409. The van der Waals surface area contributed by atoms with Gasteiger partial charge >= 0.3 is 0 Å². The number of para-hydroxylation sites is 1. The number of nitrogens with zero attached hydrogens (tertiary/aromatic N) is 2. The predicted molar refractivity (Wildman–Crippen MR) is 116 cm³/mol. The van der Waals surface area contributed by atoms with E-state index in [1.54, 1.807) is 26.0 Å². The molecule has 1 amide bonds. The van der Waals surface area contributed by atoms with Gasteiger partial charge in [-0.25, -0.2) is 8.42 Å². The standard InChI is InChI=1S/C22H29N3O3S/c1-17(2)29(27,28)20-10-8-18(9-11-20)22(26)23-16-19-6-4-5-7-21(19)25-14-12-24(3)13-15-25/h4-11,17H,12-16H2,1-3H3,(H,23,26). The Morgan fingerprint density at radius 1 is 1.00 bits per heavy atom. The van der Waals surface area contributed by atoms with Crippen LogP contribution in [0.3, 0.4) is 0 Å². The van der Waals surface area contributed by atoms with E-state index in [2.05, 4.69) is 28.2 Å². The van der Waals surface area contributed by atoms with Gasteiger partial charge in [0.1, 0.15) is 0 Å². The second-order valence-electron chi connectivity index (χ2n) is 7.72. The van der Waals surface area contributed by atoms with Crippen molar-refractivity contribution in [3.05, 3.63) is 59.7 Å². The maximum absolute atomic E-state index is 12.6. The highest BCUT2D eigenvalue weighted by Gasteiger charge is 2.20. The zero-order valence-corrected chi connectivity index (χ0v) is 18.1. The molecule has 7 heteroatoms. The molecule has 6 nitrogen and oxygen atoms in total. The summed E-state index contributed by atoms with van der Waals surface area (Å²) in [4.78, 5) is 17.5. The van der Waals surface area contributed by atoms with Gasteiger partial charge < -0.3 is 15.1 Å². The third kappa shape index (κ3) is 4.97. The van der Waals surface area contributed by atoms with Gasteiger partial charge in [0.05, 0.1) is 10.1 Å². The van der Waals surface area contributed by atoms with E-state index >= 15 is 0 Å². The molecule has 1 aliphatic heterocycles. The smallest absolute Gasteiger partial charge is 0.251 e. The number of likely N-dealkylation sites (N-methyl/N-ethyl adjacent to an activating group) is 1. The van der Waals surface area contributed by atoms with Gasteiger partial charge in [0.15, 0.2) is 9.84 Å². The molecule has 0 spiro atoms. The monoisotopic (exact) mass is 415 g/mol. The van der Waals surface area contributed by atoms with Crippen molar-refractivity contribution in [3.8, 4) is 0 Å². The summed E-state index contributed by atoms with van der Waals surface area (Å²) in [6.07, 6.45) is 0. The summed E-state index contributed by atoms with van der Waals surface area (Å²) in [5.41, 5.74) is 2.67. The highest BCUT2D eigenvalue weighted by molar-refractivity contribution is 7.92. The molecule has 1 fully saturated rings. The van der Waals surface area contributed by atoms with E-state index in [0.29, 0.717) is 12.1 Å². The number of rotatable bonds is 6. The van der Waals surface area contributed by atoms with Gasteiger partial charge in [0.25, 0.3) is 5.91 Å². The van der Waals surface area contributed by atoms with Crippen molar-refractivity contribution in [2.75, 3.05) is 38.1 Å². The zero-order chi connectivity index (χ0) is 21.0. The molecular weight excluding hydrogens is 386 g/mol. The van der Waals surface area contributed by atoms with Crippen LogP contribution in [-0.2, 0) is 16.4 Å². The summed E-state index contributed by atoms with van der Waals surface area (Å²) in [5.74, 6) is -0.216. The average molecular weight is 416 g/mol. The fourth-order valence-electron chi connectivity index (χ4n) is 3.36. The quantitative estimate of drug-likeness (QED) is 0.785. The lowest BCUT2D eigenvalue weighted by Crippen LogP contribution is -2.45. The van der Waals surface area contributed by atoms with E-state index in [9.17, 15) is 13.2 Å². The second-order valence-corrected chi connectivity index (χ2v) is 10.2. The number of sulfone groups is 1. The Labute approximate surface area is 173 Å². The van der Waals surface area contributed by atoms with Crippen LogP contribution in [-0.4, -0.2) is 57.7 Å². The third-order valence-corrected chi connectivity index (χ3v) is 7.51. The lowest BCUT2D eigenvalue weighted by atomic mass is 10.1. The molecule has 0 atom stereocenters. The first-order valence-electron chi connectivity index (χ1n) is 9.92. The molecule has 0 saturated carbocycles. The Hall–Kier alpha value is -2.38. The number of amides is 1. The molecule has 1 N–H and O–H groups in total. The van der Waals surface area contributed by atoms with Crippen molar-refractivity contribution < 1.29 is 13.2 Å². The van der Waals surface area contributed by atoms with Gasteiger partial charge in [-0.3, -0.25) is 4.79 Å². The fourth-order valence-corrected chi connectivity index (χ4v) is 4.42. The molecule has 1 aliphatic rings. The summed E-state index contributed by atoms with van der Waals surface area (Å²) in [6.45, 7) is 7.69. The number of anilines is 1. The molecule has 1 heterocycles.